The van der Waals surface area contributed by atoms with Gasteiger partial charge in [0, 0.05) is 51.0 Å². The maximum Gasteiger partial charge on any atom is 0.408 e. The molecule has 34 heavy (non-hydrogen) atoms. The fourth-order valence-corrected chi connectivity index (χ4v) is 4.64. The highest BCUT2D eigenvalue weighted by atomic mass is 31.0. The predicted molar refractivity (Wildman–Crippen MR) is 130 cm³/mol. The van der Waals surface area contributed by atoms with Crippen LogP contribution in [-0.2, 0) is 4.74 Å². The van der Waals surface area contributed by atoms with E-state index < -0.39 is 5.85 Å². The van der Waals surface area contributed by atoms with E-state index >= 15 is 0 Å². The second-order valence-corrected chi connectivity index (χ2v) is 9.94. The molecule has 1 atom stereocenters. The molecule has 3 heterocycles. The zero-order valence-electron chi connectivity index (χ0n) is 20.0. The first-order chi connectivity index (χ1) is 16.3. The Balaban J connectivity index is 1.34. The highest BCUT2D eigenvalue weighted by Gasteiger charge is 2.26. The minimum atomic E-state index is -3.30. The Hall–Kier alpha value is -1.80. The topological polar surface area (TPSA) is 52.0 Å². The van der Waals surface area contributed by atoms with Gasteiger partial charge in [0.05, 0.1) is 19.3 Å². The zero-order chi connectivity index (χ0) is 24.1. The van der Waals surface area contributed by atoms with E-state index in [0.717, 1.165) is 71.0 Å². The summed E-state index contributed by atoms with van der Waals surface area (Å²) in [6.45, 7) is 12.4. The van der Waals surface area contributed by atoms with Crippen molar-refractivity contribution < 1.29 is 23.0 Å². The van der Waals surface area contributed by atoms with Crippen molar-refractivity contribution in [1.82, 2.24) is 19.6 Å². The van der Waals surface area contributed by atoms with Gasteiger partial charge in [0.1, 0.15) is 11.5 Å². The molecule has 2 fully saturated rings. The third-order valence-corrected chi connectivity index (χ3v) is 6.49. The third-order valence-electron chi connectivity index (χ3n) is 6.37. The van der Waals surface area contributed by atoms with Gasteiger partial charge >= 0.3 is 5.85 Å². The van der Waals surface area contributed by atoms with Gasteiger partial charge < -0.3 is 19.1 Å². The van der Waals surface area contributed by atoms with Crippen LogP contribution in [0.1, 0.15) is 44.3 Å². The Labute approximate surface area is 202 Å². The molecule has 7 nitrogen and oxygen atoms in total. The average molecular weight is 497 g/mol. The summed E-state index contributed by atoms with van der Waals surface area (Å²) < 4.78 is 44.0. The molecule has 0 saturated carbocycles. The fraction of sp³-hybridized carbons (Fsp3) is 0.625. The summed E-state index contributed by atoms with van der Waals surface area (Å²) in [6.07, 6.45) is 2.11. The van der Waals surface area contributed by atoms with Crippen LogP contribution in [0.5, 0.6) is 17.4 Å². The minimum absolute atomic E-state index is 0.0705. The number of ether oxygens (including phenoxy) is 3. The van der Waals surface area contributed by atoms with Gasteiger partial charge in [0.15, 0.2) is 0 Å². The number of nitrogens with zero attached hydrogens (tertiary/aromatic N) is 4. The van der Waals surface area contributed by atoms with E-state index in [2.05, 4.69) is 33.1 Å². The van der Waals surface area contributed by atoms with Crippen LogP contribution in [0.25, 0.3) is 0 Å². The lowest BCUT2D eigenvalue weighted by molar-refractivity contribution is -0.0892. The molecule has 0 aliphatic carbocycles. The Bertz CT molecular complexity index is 906. The number of halogens is 2. The average Bonchev–Trinajstić information content (AvgIpc) is 3.23. The third kappa shape index (κ3) is 7.11. The van der Waals surface area contributed by atoms with Crippen molar-refractivity contribution >= 4 is 9.24 Å². The molecule has 2 aliphatic rings. The number of benzene rings is 1. The summed E-state index contributed by atoms with van der Waals surface area (Å²) >= 11 is 0. The van der Waals surface area contributed by atoms with Crippen molar-refractivity contribution in [2.75, 3.05) is 52.5 Å². The summed E-state index contributed by atoms with van der Waals surface area (Å²) in [6, 6.07) is 8.45. The van der Waals surface area contributed by atoms with E-state index in [1.807, 2.05) is 6.07 Å². The van der Waals surface area contributed by atoms with Crippen molar-refractivity contribution in [2.45, 2.75) is 44.5 Å². The van der Waals surface area contributed by atoms with E-state index in [9.17, 15) is 8.78 Å². The van der Waals surface area contributed by atoms with E-state index in [1.165, 1.54) is 21.4 Å². The highest BCUT2D eigenvalue weighted by molar-refractivity contribution is 7.17. The monoisotopic (exact) mass is 496 g/mol. The summed E-state index contributed by atoms with van der Waals surface area (Å²) in [7, 11) is 1.36. The Morgan fingerprint density at radius 3 is 2.21 bits per heavy atom. The molecule has 1 unspecified atom stereocenters. The molecule has 2 saturated heterocycles. The SMILES string of the molecule is CC(C)c1cc(Oc2ccc(OC(F)(F)P)cc2)nn1C1CCN(CCN2CCOCC2)CC1. The number of morpholine rings is 1. The van der Waals surface area contributed by atoms with E-state index in [-0.39, 0.29) is 5.75 Å². The van der Waals surface area contributed by atoms with Crippen molar-refractivity contribution in [3.05, 3.63) is 36.0 Å². The summed E-state index contributed by atoms with van der Waals surface area (Å²) in [5, 5.41) is 4.78. The van der Waals surface area contributed by atoms with Crippen LogP contribution in [-0.4, -0.2) is 77.9 Å². The van der Waals surface area contributed by atoms with E-state index in [1.54, 1.807) is 12.1 Å². The molecule has 0 spiro atoms. The number of hydrogen-bond acceptors (Lipinski definition) is 6. The van der Waals surface area contributed by atoms with E-state index in [4.69, 9.17) is 14.6 Å². The van der Waals surface area contributed by atoms with Gasteiger partial charge in [-0.2, -0.15) is 8.78 Å². The van der Waals surface area contributed by atoms with Gasteiger partial charge in [0.25, 0.3) is 0 Å². The maximum atomic E-state index is 13.0. The van der Waals surface area contributed by atoms with Gasteiger partial charge in [-0.05, 0) is 52.3 Å². The first-order valence-corrected chi connectivity index (χ1v) is 12.6. The molecule has 2 aliphatic heterocycles. The van der Waals surface area contributed by atoms with Crippen molar-refractivity contribution in [3.63, 3.8) is 0 Å². The second-order valence-electron chi connectivity index (χ2n) is 9.27. The molecule has 4 rings (SSSR count). The molecular weight excluding hydrogens is 461 g/mol. The van der Waals surface area contributed by atoms with Gasteiger partial charge in [-0.1, -0.05) is 13.8 Å². The Morgan fingerprint density at radius 1 is 1.03 bits per heavy atom. The highest BCUT2D eigenvalue weighted by Crippen LogP contribution is 2.32. The van der Waals surface area contributed by atoms with Crippen LogP contribution in [0, 0.1) is 0 Å². The van der Waals surface area contributed by atoms with Crippen molar-refractivity contribution in [1.29, 1.82) is 0 Å². The molecule has 1 aromatic carbocycles. The van der Waals surface area contributed by atoms with Crippen LogP contribution in [0.2, 0.25) is 0 Å². The molecule has 0 radical (unpaired) electrons. The molecular formula is C24H35F2N4O3P. The second kappa shape index (κ2) is 11.3. The Kier molecular flexibility index (Phi) is 8.40. The van der Waals surface area contributed by atoms with Crippen LogP contribution < -0.4 is 9.47 Å². The Morgan fingerprint density at radius 2 is 1.62 bits per heavy atom. The standard InChI is InChI=1S/C24H35F2N4O3P/c1-18(2)22-17-23(32-20-3-5-21(6-4-20)33-24(25,26)34)27-30(22)19-7-9-28(10-8-19)11-12-29-13-15-31-16-14-29/h3-6,17-19H,7-16,34H2,1-2H3. The number of likely N-dealkylation sites (tertiary alicyclic amines) is 1. The maximum absolute atomic E-state index is 13.0. The largest absolute Gasteiger partial charge is 0.438 e. The van der Waals surface area contributed by atoms with Crippen LogP contribution in [0.3, 0.4) is 0 Å². The van der Waals surface area contributed by atoms with Gasteiger partial charge in [-0.25, -0.2) is 0 Å². The molecule has 1 aromatic heterocycles. The summed E-state index contributed by atoms with van der Waals surface area (Å²) in [5.74, 6) is -1.88. The smallest absolute Gasteiger partial charge is 0.408 e. The van der Waals surface area contributed by atoms with Crippen LogP contribution in [0.4, 0.5) is 8.78 Å². The number of piperidine rings is 1. The predicted octanol–water partition coefficient (Wildman–Crippen LogP) is 4.57. The number of rotatable bonds is 9. The molecule has 10 heteroatoms. The van der Waals surface area contributed by atoms with Crippen LogP contribution in [0.15, 0.2) is 30.3 Å². The quantitative estimate of drug-likeness (QED) is 0.474. The zero-order valence-corrected chi connectivity index (χ0v) is 21.1. The minimum Gasteiger partial charge on any atom is -0.438 e. The normalized spacial score (nSPS) is 19.0. The van der Waals surface area contributed by atoms with Gasteiger partial charge in [-0.15, -0.1) is 5.10 Å². The van der Waals surface area contributed by atoms with Crippen LogP contribution >= 0.6 is 9.24 Å². The summed E-state index contributed by atoms with van der Waals surface area (Å²) in [4.78, 5) is 5.03. The van der Waals surface area contributed by atoms with Gasteiger partial charge in [0.2, 0.25) is 5.88 Å². The van der Waals surface area contributed by atoms with Crippen molar-refractivity contribution in [2.24, 2.45) is 0 Å². The van der Waals surface area contributed by atoms with E-state index in [0.29, 0.717) is 23.6 Å². The number of hydrogen-bond donors (Lipinski definition) is 0. The van der Waals surface area contributed by atoms with Crippen molar-refractivity contribution in [3.8, 4) is 17.4 Å². The summed E-state index contributed by atoms with van der Waals surface area (Å²) in [5.41, 5.74) is 1.14. The molecule has 0 amide bonds. The number of alkyl halides is 2. The van der Waals surface area contributed by atoms with Gasteiger partial charge in [-0.3, -0.25) is 9.58 Å². The fourth-order valence-electron chi connectivity index (χ4n) is 4.51. The lowest BCUT2D eigenvalue weighted by Gasteiger charge is -2.35. The first kappa shape index (κ1) is 25.3. The molecule has 0 N–H and O–H groups in total. The molecule has 2 aromatic rings. The lowest BCUT2D eigenvalue weighted by Crippen LogP contribution is -2.43. The lowest BCUT2D eigenvalue weighted by atomic mass is 10.0. The molecule has 188 valence electrons. The molecule has 0 bridgehead atoms. The number of aromatic nitrogens is 2. The first-order valence-electron chi connectivity index (χ1n) is 12.0.